The zero-order valence-corrected chi connectivity index (χ0v) is 13.7. The minimum absolute atomic E-state index is 0. The number of rotatable bonds is 5. The summed E-state index contributed by atoms with van der Waals surface area (Å²) in [6.07, 6.45) is 0. The van der Waals surface area contributed by atoms with E-state index in [1.807, 2.05) is 60.7 Å². The molecule has 0 radical (unpaired) electrons. The van der Waals surface area contributed by atoms with Gasteiger partial charge in [0, 0.05) is 0 Å². The molecule has 0 aromatic heterocycles. The normalized spacial score (nSPS) is 10.1. The summed E-state index contributed by atoms with van der Waals surface area (Å²) in [5.41, 5.74) is 2.03. The molecule has 0 fully saturated rings. The summed E-state index contributed by atoms with van der Waals surface area (Å²) in [6, 6.07) is 20.2. The van der Waals surface area contributed by atoms with Crippen LogP contribution in [0.5, 0.6) is 0 Å². The van der Waals surface area contributed by atoms with Gasteiger partial charge in [-0.1, -0.05) is 67.6 Å². The van der Waals surface area contributed by atoms with E-state index >= 15 is 0 Å². The molecule has 0 bridgehead atoms. The first-order chi connectivity index (χ1) is 8.34. The molecule has 2 nitrogen and oxygen atoms in total. The molecule has 2 rings (SSSR count). The van der Waals surface area contributed by atoms with Crippen molar-refractivity contribution in [2.75, 3.05) is 6.54 Å². The Kier molecular flexibility index (Phi) is 12.2. The first-order valence-electron chi connectivity index (χ1n) is 5.83. The summed E-state index contributed by atoms with van der Waals surface area (Å²) in [5.74, 6) is 0. The van der Waals surface area contributed by atoms with Crippen molar-refractivity contribution in [3.63, 3.8) is 0 Å². The molecule has 0 saturated carbocycles. The van der Waals surface area contributed by atoms with Gasteiger partial charge in [-0.25, -0.2) is 0 Å². The molecule has 0 aliphatic heterocycles. The SMILES string of the molecule is CC(C[N-]c1ccccc1)[N-]c1ccccc1.[F-].[F-].[Zr+4]. The molecule has 104 valence electrons. The molecular formula is C15H16F2N2Zr. The van der Waals surface area contributed by atoms with Crippen LogP contribution in [0.1, 0.15) is 6.92 Å². The molecule has 2 aromatic rings. The average molecular weight is 354 g/mol. The van der Waals surface area contributed by atoms with Gasteiger partial charge in [0.05, 0.1) is 0 Å². The third kappa shape index (κ3) is 7.39. The van der Waals surface area contributed by atoms with E-state index in [4.69, 9.17) is 0 Å². The maximum Gasteiger partial charge on any atom is 4.00 e. The van der Waals surface area contributed by atoms with Gasteiger partial charge in [0.15, 0.2) is 0 Å². The molecule has 0 N–H and O–H groups in total. The van der Waals surface area contributed by atoms with Crippen LogP contribution in [-0.4, -0.2) is 12.6 Å². The van der Waals surface area contributed by atoms with Crippen molar-refractivity contribution in [1.29, 1.82) is 0 Å². The third-order valence-electron chi connectivity index (χ3n) is 2.42. The summed E-state index contributed by atoms with van der Waals surface area (Å²) >= 11 is 0. The predicted octanol–water partition coefficient (Wildman–Crippen LogP) is -1.21. The van der Waals surface area contributed by atoms with E-state index in [0.717, 1.165) is 17.9 Å². The molecule has 0 spiro atoms. The summed E-state index contributed by atoms with van der Waals surface area (Å²) in [6.45, 7) is 2.80. The largest absolute Gasteiger partial charge is 4.00 e. The maximum atomic E-state index is 4.58. The van der Waals surface area contributed by atoms with Gasteiger partial charge >= 0.3 is 26.2 Å². The fraction of sp³-hybridized carbons (Fsp3) is 0.200. The van der Waals surface area contributed by atoms with E-state index in [0.29, 0.717) is 0 Å². The van der Waals surface area contributed by atoms with Gasteiger partial charge in [-0.05, 0) is 0 Å². The molecule has 1 atom stereocenters. The molecule has 0 aliphatic carbocycles. The van der Waals surface area contributed by atoms with Crippen molar-refractivity contribution in [1.82, 2.24) is 0 Å². The van der Waals surface area contributed by atoms with E-state index in [-0.39, 0.29) is 41.7 Å². The first kappa shape index (κ1) is 21.1. The van der Waals surface area contributed by atoms with Crippen molar-refractivity contribution in [2.24, 2.45) is 0 Å². The van der Waals surface area contributed by atoms with Crippen LogP contribution >= 0.6 is 0 Å². The molecule has 0 saturated heterocycles. The standard InChI is InChI=1S/C15H16N2.2FH.Zr/c1-13(17-15-10-6-3-7-11-15)12-16-14-8-4-2-5-9-14;;;/h2-11,13H,12H2,1H3;2*1H;/q-2;;;+4/p-2. The van der Waals surface area contributed by atoms with Gasteiger partial charge in [-0.15, -0.1) is 24.0 Å². The Bertz CT molecular complexity index is 440. The zero-order valence-electron chi connectivity index (χ0n) is 11.2. The van der Waals surface area contributed by atoms with E-state index in [9.17, 15) is 0 Å². The Morgan fingerprint density at radius 2 is 1.25 bits per heavy atom. The van der Waals surface area contributed by atoms with Crippen LogP contribution in [0.15, 0.2) is 60.7 Å². The van der Waals surface area contributed by atoms with E-state index < -0.39 is 0 Å². The Labute approximate surface area is 137 Å². The zero-order chi connectivity index (χ0) is 11.9. The molecule has 1 unspecified atom stereocenters. The second-order valence-corrected chi connectivity index (χ2v) is 3.99. The molecular weight excluding hydrogens is 337 g/mol. The summed E-state index contributed by atoms with van der Waals surface area (Å²) in [4.78, 5) is 0. The second-order valence-electron chi connectivity index (χ2n) is 3.99. The topological polar surface area (TPSA) is 28.2 Å². The van der Waals surface area contributed by atoms with Gasteiger partial charge in [0.1, 0.15) is 0 Å². The van der Waals surface area contributed by atoms with Crippen LogP contribution in [0.4, 0.5) is 11.4 Å². The number of hydrogen-bond acceptors (Lipinski definition) is 0. The number of nitrogens with zero attached hydrogens (tertiary/aromatic N) is 2. The Balaban J connectivity index is 0. The minimum Gasteiger partial charge on any atom is -1.00 e. The first-order valence-corrected chi connectivity index (χ1v) is 5.83. The molecule has 0 aliphatic rings. The van der Waals surface area contributed by atoms with Crippen LogP contribution in [0, 0.1) is 0 Å². The van der Waals surface area contributed by atoms with Crippen molar-refractivity contribution in [3.05, 3.63) is 71.3 Å². The number of para-hydroxylation sites is 2. The predicted molar refractivity (Wildman–Crippen MR) is 73.3 cm³/mol. The van der Waals surface area contributed by atoms with Crippen molar-refractivity contribution < 1.29 is 35.6 Å². The van der Waals surface area contributed by atoms with Gasteiger partial charge in [0.25, 0.3) is 0 Å². The van der Waals surface area contributed by atoms with Gasteiger partial charge < -0.3 is 20.0 Å². The van der Waals surface area contributed by atoms with Crippen LogP contribution in [0.3, 0.4) is 0 Å². The van der Waals surface area contributed by atoms with Crippen molar-refractivity contribution >= 4 is 11.4 Å². The van der Waals surface area contributed by atoms with Gasteiger partial charge in [0.2, 0.25) is 0 Å². The maximum absolute atomic E-state index is 4.58. The molecule has 5 heteroatoms. The van der Waals surface area contributed by atoms with E-state index in [1.165, 1.54) is 0 Å². The molecule has 2 aromatic carbocycles. The quantitative estimate of drug-likeness (QED) is 0.646. The van der Waals surface area contributed by atoms with Crippen LogP contribution in [0.25, 0.3) is 10.6 Å². The molecule has 0 amide bonds. The Morgan fingerprint density at radius 3 is 1.75 bits per heavy atom. The number of hydrogen-bond donors (Lipinski definition) is 0. The van der Waals surface area contributed by atoms with E-state index in [1.54, 1.807) is 0 Å². The molecule has 20 heavy (non-hydrogen) atoms. The van der Waals surface area contributed by atoms with Crippen molar-refractivity contribution in [2.45, 2.75) is 13.0 Å². The van der Waals surface area contributed by atoms with Crippen LogP contribution < -0.4 is 9.41 Å². The summed E-state index contributed by atoms with van der Waals surface area (Å²) in [5, 5.41) is 9.09. The van der Waals surface area contributed by atoms with E-state index in [2.05, 4.69) is 17.6 Å². The number of halogens is 2. The van der Waals surface area contributed by atoms with Gasteiger partial charge in [-0.2, -0.15) is 0 Å². The average Bonchev–Trinajstić information content (AvgIpc) is 2.39. The van der Waals surface area contributed by atoms with Gasteiger partial charge in [-0.3, -0.25) is 0 Å². The third-order valence-corrected chi connectivity index (χ3v) is 2.42. The van der Waals surface area contributed by atoms with Crippen molar-refractivity contribution in [3.8, 4) is 0 Å². The number of benzene rings is 2. The fourth-order valence-corrected chi connectivity index (χ4v) is 1.58. The minimum atomic E-state index is 0. The Morgan fingerprint density at radius 1 is 0.800 bits per heavy atom. The fourth-order valence-electron chi connectivity index (χ4n) is 1.58. The monoisotopic (exact) mass is 352 g/mol. The van der Waals surface area contributed by atoms with Crippen LogP contribution in [-0.2, 0) is 26.2 Å². The summed E-state index contributed by atoms with van der Waals surface area (Å²) < 4.78 is 0. The summed E-state index contributed by atoms with van der Waals surface area (Å²) in [7, 11) is 0. The molecule has 0 heterocycles. The Hall–Kier alpha value is -1.22. The van der Waals surface area contributed by atoms with Crippen LogP contribution in [0.2, 0.25) is 0 Å². The smallest absolute Gasteiger partial charge is 1.00 e. The second kappa shape index (κ2) is 11.6.